The van der Waals surface area contributed by atoms with E-state index in [1.165, 1.54) is 0 Å². The van der Waals surface area contributed by atoms with Gasteiger partial charge in [-0.15, -0.1) is 0 Å². The van der Waals surface area contributed by atoms with Crippen molar-refractivity contribution in [3.63, 3.8) is 0 Å². The second kappa shape index (κ2) is 6.08. The number of hydrogen-bond acceptors (Lipinski definition) is 3. The van der Waals surface area contributed by atoms with Gasteiger partial charge in [-0.1, -0.05) is 0 Å². The number of hydrogen-bond donors (Lipinski definition) is 1. The Morgan fingerprint density at radius 2 is 2.27 bits per heavy atom. The average Bonchev–Trinajstić information content (AvgIpc) is 2.51. The zero-order valence-corrected chi connectivity index (χ0v) is 9.78. The quantitative estimate of drug-likeness (QED) is 0.713. The molecule has 1 heterocycles. The van der Waals surface area contributed by atoms with E-state index in [4.69, 9.17) is 5.11 Å². The van der Waals surface area contributed by atoms with Gasteiger partial charge in [-0.25, -0.2) is 0 Å². The number of nitrogens with zero attached hydrogens (tertiary/aromatic N) is 2. The Morgan fingerprint density at radius 3 is 2.87 bits per heavy atom. The van der Waals surface area contributed by atoms with Gasteiger partial charge in [0.05, 0.1) is 6.42 Å². The lowest BCUT2D eigenvalue weighted by atomic mass is 10.1. The minimum absolute atomic E-state index is 0.282. The van der Waals surface area contributed by atoms with Gasteiger partial charge in [0.2, 0.25) is 0 Å². The molecule has 88 valence electrons. The molecular formula is C11H22N2O2. The van der Waals surface area contributed by atoms with Crippen molar-refractivity contribution >= 4 is 5.97 Å². The first kappa shape index (κ1) is 12.5. The van der Waals surface area contributed by atoms with E-state index in [9.17, 15) is 4.79 Å². The van der Waals surface area contributed by atoms with E-state index >= 15 is 0 Å². The number of aliphatic carboxylic acids is 1. The Bertz CT molecular complexity index is 207. The highest BCUT2D eigenvalue weighted by atomic mass is 16.4. The van der Waals surface area contributed by atoms with E-state index in [0.29, 0.717) is 6.42 Å². The molecule has 4 nitrogen and oxygen atoms in total. The monoisotopic (exact) mass is 214 g/mol. The molecule has 1 saturated heterocycles. The lowest BCUT2D eigenvalue weighted by Crippen LogP contribution is -2.33. The van der Waals surface area contributed by atoms with E-state index in [0.717, 1.165) is 38.9 Å². The first-order chi connectivity index (χ1) is 7.09. The fourth-order valence-corrected chi connectivity index (χ4v) is 2.21. The first-order valence-electron chi connectivity index (χ1n) is 5.70. The van der Waals surface area contributed by atoms with Crippen LogP contribution in [0.4, 0.5) is 0 Å². The van der Waals surface area contributed by atoms with Gasteiger partial charge < -0.3 is 10.0 Å². The van der Waals surface area contributed by atoms with Crippen LogP contribution in [0.25, 0.3) is 0 Å². The van der Waals surface area contributed by atoms with Gasteiger partial charge in [0.25, 0.3) is 0 Å². The molecule has 0 aliphatic carbocycles. The summed E-state index contributed by atoms with van der Waals surface area (Å²) in [6.45, 7) is 3.19. The third-order valence-electron chi connectivity index (χ3n) is 2.96. The molecule has 0 saturated carbocycles. The lowest BCUT2D eigenvalue weighted by molar-refractivity contribution is -0.138. The maximum absolute atomic E-state index is 10.6. The molecule has 1 unspecified atom stereocenters. The molecule has 1 aliphatic heterocycles. The number of carboxylic acids is 1. The maximum atomic E-state index is 10.6. The summed E-state index contributed by atoms with van der Waals surface area (Å²) in [4.78, 5) is 15.1. The molecule has 1 atom stereocenters. The minimum atomic E-state index is -0.667. The van der Waals surface area contributed by atoms with Crippen LogP contribution in [0.15, 0.2) is 0 Å². The van der Waals surface area contributed by atoms with Gasteiger partial charge in [-0.05, 0) is 53.0 Å². The summed E-state index contributed by atoms with van der Waals surface area (Å²) in [5.74, 6) is -0.667. The predicted octanol–water partition coefficient (Wildman–Crippen LogP) is 0.877. The summed E-state index contributed by atoms with van der Waals surface area (Å²) < 4.78 is 0. The Balaban J connectivity index is 2.24. The van der Waals surface area contributed by atoms with E-state index in [2.05, 4.69) is 23.9 Å². The standard InChI is InChI=1S/C11H22N2O2/c1-12(2)6-4-8-13-7-3-5-10(13)9-11(14)15/h10H,3-9H2,1-2H3,(H,14,15). The van der Waals surface area contributed by atoms with Gasteiger partial charge in [0.1, 0.15) is 0 Å². The van der Waals surface area contributed by atoms with Crippen molar-refractivity contribution in [2.24, 2.45) is 0 Å². The van der Waals surface area contributed by atoms with E-state index in [1.807, 2.05) is 0 Å². The highest BCUT2D eigenvalue weighted by Gasteiger charge is 2.25. The van der Waals surface area contributed by atoms with Crippen molar-refractivity contribution < 1.29 is 9.90 Å². The summed E-state index contributed by atoms with van der Waals surface area (Å²) in [7, 11) is 4.14. The number of rotatable bonds is 6. The lowest BCUT2D eigenvalue weighted by Gasteiger charge is -2.23. The van der Waals surface area contributed by atoms with Gasteiger partial charge in [-0.2, -0.15) is 0 Å². The van der Waals surface area contributed by atoms with Gasteiger partial charge in [-0.3, -0.25) is 9.69 Å². The minimum Gasteiger partial charge on any atom is -0.481 e. The van der Waals surface area contributed by atoms with E-state index < -0.39 is 5.97 Å². The highest BCUT2D eigenvalue weighted by Crippen LogP contribution is 2.19. The third-order valence-corrected chi connectivity index (χ3v) is 2.96. The molecule has 1 aliphatic rings. The largest absolute Gasteiger partial charge is 0.481 e. The topological polar surface area (TPSA) is 43.8 Å². The van der Waals surface area contributed by atoms with Crippen LogP contribution in [-0.4, -0.2) is 60.6 Å². The average molecular weight is 214 g/mol. The van der Waals surface area contributed by atoms with Crippen LogP contribution in [0.1, 0.15) is 25.7 Å². The number of carbonyl (C=O) groups is 1. The molecule has 4 heteroatoms. The van der Waals surface area contributed by atoms with Crippen LogP contribution in [0.3, 0.4) is 0 Å². The normalized spacial score (nSPS) is 22.5. The Labute approximate surface area is 91.9 Å². The number of likely N-dealkylation sites (tertiary alicyclic amines) is 1. The Hall–Kier alpha value is -0.610. The fourth-order valence-electron chi connectivity index (χ4n) is 2.21. The van der Waals surface area contributed by atoms with Crippen LogP contribution in [0, 0.1) is 0 Å². The molecule has 1 N–H and O–H groups in total. The summed E-state index contributed by atoms with van der Waals surface area (Å²) in [5.41, 5.74) is 0. The van der Waals surface area contributed by atoms with Gasteiger partial charge in [0, 0.05) is 6.04 Å². The predicted molar refractivity (Wildman–Crippen MR) is 60.0 cm³/mol. The zero-order chi connectivity index (χ0) is 11.3. The van der Waals surface area contributed by atoms with E-state index in [1.54, 1.807) is 0 Å². The smallest absolute Gasteiger partial charge is 0.304 e. The van der Waals surface area contributed by atoms with Crippen molar-refractivity contribution in [2.75, 3.05) is 33.7 Å². The Morgan fingerprint density at radius 1 is 1.53 bits per heavy atom. The molecule has 0 radical (unpaired) electrons. The van der Waals surface area contributed by atoms with Crippen LogP contribution in [-0.2, 0) is 4.79 Å². The summed E-state index contributed by atoms with van der Waals surface area (Å²) >= 11 is 0. The van der Waals surface area contributed by atoms with Crippen LogP contribution in [0.2, 0.25) is 0 Å². The van der Waals surface area contributed by atoms with Crippen molar-refractivity contribution in [1.29, 1.82) is 0 Å². The molecule has 0 bridgehead atoms. The molecule has 0 aromatic heterocycles. The van der Waals surface area contributed by atoms with Crippen molar-refractivity contribution in [3.05, 3.63) is 0 Å². The van der Waals surface area contributed by atoms with Crippen molar-refractivity contribution in [2.45, 2.75) is 31.7 Å². The first-order valence-corrected chi connectivity index (χ1v) is 5.70. The molecule has 15 heavy (non-hydrogen) atoms. The third kappa shape index (κ3) is 4.62. The second-order valence-electron chi connectivity index (χ2n) is 4.59. The molecular weight excluding hydrogens is 192 g/mol. The zero-order valence-electron chi connectivity index (χ0n) is 9.78. The molecule has 0 aromatic carbocycles. The molecule has 1 rings (SSSR count). The summed E-state index contributed by atoms with van der Waals surface area (Å²) in [6, 6.07) is 0.282. The highest BCUT2D eigenvalue weighted by molar-refractivity contribution is 5.67. The molecule has 0 aromatic rings. The van der Waals surface area contributed by atoms with Crippen LogP contribution < -0.4 is 0 Å². The number of carboxylic acid groups (broad SMARTS) is 1. The van der Waals surface area contributed by atoms with Crippen molar-refractivity contribution in [1.82, 2.24) is 9.80 Å². The maximum Gasteiger partial charge on any atom is 0.304 e. The summed E-state index contributed by atoms with van der Waals surface area (Å²) in [6.07, 6.45) is 3.64. The Kier molecular flexibility index (Phi) is 5.05. The summed E-state index contributed by atoms with van der Waals surface area (Å²) in [5, 5.41) is 8.77. The van der Waals surface area contributed by atoms with Crippen LogP contribution in [0.5, 0.6) is 0 Å². The molecule has 0 spiro atoms. The van der Waals surface area contributed by atoms with Gasteiger partial charge >= 0.3 is 5.97 Å². The SMILES string of the molecule is CN(C)CCCN1CCCC1CC(=O)O. The molecule has 0 amide bonds. The van der Waals surface area contributed by atoms with Crippen molar-refractivity contribution in [3.8, 4) is 0 Å². The van der Waals surface area contributed by atoms with E-state index in [-0.39, 0.29) is 6.04 Å². The van der Waals surface area contributed by atoms with Crippen LogP contribution >= 0.6 is 0 Å². The second-order valence-corrected chi connectivity index (χ2v) is 4.59. The molecule has 1 fully saturated rings. The van der Waals surface area contributed by atoms with Gasteiger partial charge in [0.15, 0.2) is 0 Å². The fraction of sp³-hybridized carbons (Fsp3) is 0.909.